The lowest BCUT2D eigenvalue weighted by atomic mass is 10.00. The molecule has 0 saturated carbocycles. The van der Waals surface area contributed by atoms with Gasteiger partial charge in [-0.2, -0.15) is 10.2 Å². The minimum atomic E-state index is -0.658. The van der Waals surface area contributed by atoms with Gasteiger partial charge in [0.2, 0.25) is 11.6 Å². The summed E-state index contributed by atoms with van der Waals surface area (Å²) in [4.78, 5) is 62.7. The molecule has 4 aromatic heterocycles. The van der Waals surface area contributed by atoms with Crippen LogP contribution < -0.4 is 31.1 Å². The van der Waals surface area contributed by atoms with Crippen LogP contribution in [0.5, 0.6) is 0 Å². The molecular formula is C42H50Cl2N16O4. The minimum Gasteiger partial charge on any atom is -0.337 e. The summed E-state index contributed by atoms with van der Waals surface area (Å²) in [5, 5.41) is 29.9. The fourth-order valence-electron chi connectivity index (χ4n) is 7.76. The zero-order valence-corrected chi connectivity index (χ0v) is 36.9. The van der Waals surface area contributed by atoms with Gasteiger partial charge in [0.15, 0.2) is 0 Å². The van der Waals surface area contributed by atoms with Crippen molar-refractivity contribution in [1.29, 1.82) is 0 Å². The Morgan fingerprint density at radius 1 is 0.609 bits per heavy atom. The minimum absolute atomic E-state index is 0. The van der Waals surface area contributed by atoms with Crippen LogP contribution in [0.4, 0.5) is 11.6 Å². The first-order valence-corrected chi connectivity index (χ1v) is 20.8. The van der Waals surface area contributed by atoms with Gasteiger partial charge in [-0.3, -0.25) is 29.0 Å². The maximum absolute atomic E-state index is 13.0. The second-order valence-electron chi connectivity index (χ2n) is 15.9. The van der Waals surface area contributed by atoms with Crippen molar-refractivity contribution >= 4 is 60.1 Å². The molecule has 2 fully saturated rings. The van der Waals surface area contributed by atoms with Gasteiger partial charge in [0.1, 0.15) is 36.4 Å². The topological polar surface area (TPSA) is 220 Å². The van der Waals surface area contributed by atoms with Crippen LogP contribution in [0.25, 0.3) is 0 Å². The van der Waals surface area contributed by atoms with Crippen LogP contribution >= 0.6 is 24.8 Å². The third-order valence-electron chi connectivity index (χ3n) is 11.6. The number of amides is 4. The lowest BCUT2D eigenvalue weighted by molar-refractivity contribution is -0.120. The Morgan fingerprint density at radius 3 is 1.36 bits per heavy atom. The molecule has 22 heteroatoms. The van der Waals surface area contributed by atoms with E-state index in [1.807, 2.05) is 82.2 Å². The van der Waals surface area contributed by atoms with Gasteiger partial charge in [-0.25, -0.2) is 28.7 Å². The lowest BCUT2D eigenvalue weighted by Crippen LogP contribution is -2.47. The highest BCUT2D eigenvalue weighted by molar-refractivity contribution is 6.01. The summed E-state index contributed by atoms with van der Waals surface area (Å²) in [6.07, 6.45) is 3.96. The normalized spacial score (nSPS) is 18.3. The van der Waals surface area contributed by atoms with Crippen molar-refractivity contribution in [1.82, 2.24) is 70.4 Å². The molecule has 4 N–H and O–H groups in total. The first kappa shape index (κ1) is 45.5. The van der Waals surface area contributed by atoms with Gasteiger partial charge in [0.05, 0.1) is 24.5 Å². The number of hydrogen-bond donors (Lipinski definition) is 4. The van der Waals surface area contributed by atoms with Crippen LogP contribution in [0.2, 0.25) is 0 Å². The number of nitrogens with zero attached hydrogens (tertiary/aromatic N) is 12. The largest absolute Gasteiger partial charge is 0.337 e. The smallest absolute Gasteiger partial charge is 0.291 e. The fraction of sp³-hybridized carbons (Fsp3) is 0.381. The number of likely N-dealkylation sites (N-methyl/N-ethyl adjacent to an activating group) is 2. The molecule has 4 aliphatic heterocycles. The molecule has 20 nitrogen and oxygen atoms in total. The van der Waals surface area contributed by atoms with E-state index in [4.69, 9.17) is 0 Å². The van der Waals surface area contributed by atoms with Crippen molar-refractivity contribution in [2.45, 2.75) is 62.9 Å². The van der Waals surface area contributed by atoms with Gasteiger partial charge in [0.25, 0.3) is 23.6 Å². The molecule has 2 aromatic carbocycles. The molecular weight excluding hydrogens is 863 g/mol. The van der Waals surface area contributed by atoms with E-state index in [9.17, 15) is 19.2 Å². The van der Waals surface area contributed by atoms with Crippen molar-refractivity contribution in [2.75, 3.05) is 50.1 Å². The Morgan fingerprint density at radius 2 is 1.00 bits per heavy atom. The van der Waals surface area contributed by atoms with Crippen molar-refractivity contribution in [2.24, 2.45) is 0 Å². The molecule has 10 rings (SSSR count). The second-order valence-corrected chi connectivity index (χ2v) is 15.9. The van der Waals surface area contributed by atoms with Gasteiger partial charge in [-0.05, 0) is 24.0 Å². The van der Waals surface area contributed by atoms with E-state index in [1.54, 1.807) is 33.3 Å². The van der Waals surface area contributed by atoms with Gasteiger partial charge in [-0.15, -0.1) is 35.0 Å². The van der Waals surface area contributed by atoms with Crippen LogP contribution in [0, 0.1) is 0 Å². The number of hydrogen-bond acceptors (Lipinski definition) is 12. The Balaban J connectivity index is 0.000000186. The Labute approximate surface area is 381 Å². The van der Waals surface area contributed by atoms with Crippen molar-refractivity contribution in [3.05, 3.63) is 120 Å². The third kappa shape index (κ3) is 9.84. The highest BCUT2D eigenvalue weighted by Crippen LogP contribution is 2.28. The number of nitrogens with one attached hydrogen (secondary N) is 4. The van der Waals surface area contributed by atoms with Crippen LogP contribution in [0.15, 0.2) is 85.5 Å². The number of carbonyl (C=O) groups is 4. The summed E-state index contributed by atoms with van der Waals surface area (Å²) >= 11 is 0. The van der Waals surface area contributed by atoms with Gasteiger partial charge < -0.3 is 21.3 Å². The molecule has 0 aliphatic carbocycles. The Hall–Kier alpha value is -6.48. The number of carbonyl (C=O) groups excluding carboxylic acids is 4. The van der Waals surface area contributed by atoms with Crippen molar-refractivity contribution in [3.63, 3.8) is 0 Å². The quantitative estimate of drug-likeness (QED) is 0.154. The summed E-state index contributed by atoms with van der Waals surface area (Å²) in [5.74, 6) is 1.15. The zero-order chi connectivity index (χ0) is 42.7. The average Bonchev–Trinajstić information content (AvgIpc) is 4.06. The molecule has 64 heavy (non-hydrogen) atoms. The highest BCUT2D eigenvalue weighted by Gasteiger charge is 2.35. The van der Waals surface area contributed by atoms with Crippen molar-refractivity contribution < 1.29 is 19.2 Å². The second kappa shape index (κ2) is 19.9. The first-order valence-electron chi connectivity index (χ1n) is 20.8. The van der Waals surface area contributed by atoms with Crippen molar-refractivity contribution in [3.8, 4) is 0 Å². The lowest BCUT2D eigenvalue weighted by Gasteiger charge is -2.25. The molecule has 0 spiro atoms. The molecule has 0 radical (unpaired) electrons. The number of benzene rings is 2. The van der Waals surface area contributed by atoms with Crippen LogP contribution in [0.1, 0.15) is 68.4 Å². The monoisotopic (exact) mass is 912 g/mol. The van der Waals surface area contributed by atoms with E-state index < -0.39 is 23.9 Å². The third-order valence-corrected chi connectivity index (χ3v) is 11.6. The molecule has 2 atom stereocenters. The number of aromatic nitrogens is 10. The number of rotatable bonds is 10. The Bertz CT molecular complexity index is 2390. The molecule has 336 valence electrons. The maximum atomic E-state index is 13.0. The SMILES string of the molecule is CN1C(=O)[C@@H](NC(=O)c2ncn(Cc3ccccc3)n2)CCn2nc(C3CNC3)cc21.CN1C(=O)[C@H](NC(=O)c2ncn(Cc3ccccc3)n2)CCn2nc(C3CNC3)cc21.Cl.Cl. The van der Waals surface area contributed by atoms with Crippen LogP contribution in [-0.4, -0.2) is 125 Å². The molecule has 6 aromatic rings. The van der Waals surface area contributed by atoms with E-state index in [1.165, 1.54) is 12.7 Å². The molecule has 4 amide bonds. The Kier molecular flexibility index (Phi) is 14.2. The summed E-state index contributed by atoms with van der Waals surface area (Å²) in [6, 6.07) is 22.3. The van der Waals surface area contributed by atoms with Gasteiger partial charge >= 0.3 is 0 Å². The van der Waals surface area contributed by atoms with Gasteiger partial charge in [-0.1, -0.05) is 60.7 Å². The van der Waals surface area contributed by atoms with E-state index in [0.717, 1.165) is 60.3 Å². The number of aryl methyl sites for hydroxylation is 2. The number of halogens is 2. The number of anilines is 2. The number of fused-ring (bicyclic) bond motifs is 2. The summed E-state index contributed by atoms with van der Waals surface area (Å²) in [6.45, 7) is 5.79. The maximum Gasteiger partial charge on any atom is 0.291 e. The average molecular weight is 914 g/mol. The first-order chi connectivity index (χ1) is 30.2. The highest BCUT2D eigenvalue weighted by atomic mass is 35.5. The fourth-order valence-corrected chi connectivity index (χ4v) is 7.76. The predicted octanol–water partition coefficient (Wildman–Crippen LogP) is 1.59. The van der Waals surface area contributed by atoms with E-state index in [-0.39, 0.29) is 48.3 Å². The molecule has 4 aliphatic rings. The summed E-state index contributed by atoms with van der Waals surface area (Å²) < 4.78 is 6.92. The van der Waals surface area contributed by atoms with Crippen LogP contribution in [-0.2, 0) is 35.8 Å². The van der Waals surface area contributed by atoms with Crippen LogP contribution in [0.3, 0.4) is 0 Å². The summed E-state index contributed by atoms with van der Waals surface area (Å²) in [5.41, 5.74) is 4.13. The standard InChI is InChI=1S/2C21H24N8O2.2ClH/c2*1-27-18-9-17(15-10-22-11-15)25-29(18)8-7-16(21(27)31)24-20(30)19-23-13-28(26-19)12-14-5-3-2-4-6-14;;/h2*2-6,9,13,15-16,22H,7-8,10-12H2,1H3,(H,24,30);2*1H/t2*16-;;/m10../s1. The summed E-state index contributed by atoms with van der Waals surface area (Å²) in [7, 11) is 3.44. The van der Waals surface area contributed by atoms with E-state index >= 15 is 0 Å². The zero-order valence-electron chi connectivity index (χ0n) is 35.3. The molecule has 8 heterocycles. The van der Waals surface area contributed by atoms with E-state index in [0.29, 0.717) is 50.9 Å². The van der Waals surface area contributed by atoms with E-state index in [2.05, 4.69) is 51.6 Å². The van der Waals surface area contributed by atoms with Gasteiger partial charge in [0, 0.05) is 77.3 Å². The molecule has 0 unspecified atom stereocenters. The predicted molar refractivity (Wildman–Crippen MR) is 240 cm³/mol. The molecule has 0 bridgehead atoms. The molecule has 2 saturated heterocycles.